The predicted octanol–water partition coefficient (Wildman–Crippen LogP) is 5.58. The van der Waals surface area contributed by atoms with Crippen LogP contribution in [0.5, 0.6) is 0 Å². The fraction of sp³-hybridized carbons (Fsp3) is 0.387. The number of fused-ring (bicyclic) bond motifs is 1. The van der Waals surface area contributed by atoms with E-state index >= 15 is 0 Å². The number of aromatic nitrogens is 1. The maximum atomic E-state index is 13.4. The fourth-order valence-electron chi connectivity index (χ4n) is 5.47. The van der Waals surface area contributed by atoms with Crippen LogP contribution >= 0.6 is 0 Å². The Morgan fingerprint density at radius 1 is 1.08 bits per heavy atom. The molecule has 0 fully saturated rings. The van der Waals surface area contributed by atoms with Crippen LogP contribution in [0.3, 0.4) is 0 Å². The van der Waals surface area contributed by atoms with Gasteiger partial charge in [0.2, 0.25) is 0 Å². The molecule has 0 saturated heterocycles. The largest absolute Gasteiger partial charge is 0.481 e. The Kier molecular flexibility index (Phi) is 8.39. The molecule has 2 heterocycles. The second kappa shape index (κ2) is 11.7. The Bertz CT molecular complexity index is 1250. The second-order valence-corrected chi connectivity index (χ2v) is 10.5. The van der Waals surface area contributed by atoms with Gasteiger partial charge >= 0.3 is 5.97 Å². The fourth-order valence-corrected chi connectivity index (χ4v) is 5.47. The molecule has 6 nitrogen and oxygen atoms in total. The molecule has 6 heteroatoms. The number of benzene rings is 2. The van der Waals surface area contributed by atoms with Crippen LogP contribution in [-0.2, 0) is 11.2 Å². The van der Waals surface area contributed by atoms with Gasteiger partial charge in [0.25, 0.3) is 5.91 Å². The number of rotatable bonds is 10. The van der Waals surface area contributed by atoms with Gasteiger partial charge in [0.05, 0.1) is 6.42 Å². The van der Waals surface area contributed by atoms with E-state index in [1.54, 1.807) is 6.20 Å². The van der Waals surface area contributed by atoms with E-state index in [9.17, 15) is 14.7 Å². The van der Waals surface area contributed by atoms with Crippen molar-refractivity contribution >= 4 is 11.9 Å². The Morgan fingerprint density at radius 3 is 2.51 bits per heavy atom. The first-order chi connectivity index (χ1) is 17.7. The van der Waals surface area contributed by atoms with E-state index in [-0.39, 0.29) is 18.4 Å². The lowest BCUT2D eigenvalue weighted by molar-refractivity contribution is -0.137. The molecular weight excluding hydrogens is 462 g/mol. The lowest BCUT2D eigenvalue weighted by atomic mass is 9.93. The number of amides is 1. The number of nitrogens with zero attached hydrogens (tertiary/aromatic N) is 2. The first-order valence-electron chi connectivity index (χ1n) is 13.1. The normalized spacial score (nSPS) is 14.9. The highest BCUT2D eigenvalue weighted by atomic mass is 16.4. The number of aryl methyl sites for hydroxylation is 2. The summed E-state index contributed by atoms with van der Waals surface area (Å²) in [4.78, 5) is 31.7. The summed E-state index contributed by atoms with van der Waals surface area (Å²) < 4.78 is 0. The van der Waals surface area contributed by atoms with Gasteiger partial charge in [-0.25, -0.2) is 0 Å². The Balaban J connectivity index is 1.59. The van der Waals surface area contributed by atoms with E-state index in [0.717, 1.165) is 51.8 Å². The number of carboxylic acids is 1. The molecule has 2 N–H and O–H groups in total. The van der Waals surface area contributed by atoms with Crippen molar-refractivity contribution in [1.82, 2.24) is 15.2 Å². The molecule has 1 aromatic heterocycles. The minimum atomic E-state index is -0.877. The molecule has 1 aliphatic rings. The number of carbonyl (C=O) groups is 2. The Hall–Kier alpha value is -3.51. The van der Waals surface area contributed by atoms with Crippen LogP contribution in [0.1, 0.15) is 65.3 Å². The van der Waals surface area contributed by atoms with Crippen molar-refractivity contribution in [2.45, 2.75) is 59.0 Å². The summed E-state index contributed by atoms with van der Waals surface area (Å²) in [7, 11) is 0. The van der Waals surface area contributed by atoms with Crippen molar-refractivity contribution in [3.8, 4) is 11.1 Å². The summed E-state index contributed by atoms with van der Waals surface area (Å²) in [5.74, 6) is -0.426. The van der Waals surface area contributed by atoms with Gasteiger partial charge in [-0.1, -0.05) is 50.2 Å². The third-order valence-electron chi connectivity index (χ3n) is 7.23. The number of pyridine rings is 1. The lowest BCUT2D eigenvalue weighted by Gasteiger charge is -2.37. The molecular formula is C31H37N3O3. The summed E-state index contributed by atoms with van der Waals surface area (Å²) in [6.45, 7) is 9.64. The SMILES string of the molecule is Cc1cccc(C)c1-c1cncc([C@H](CC(=O)O)NCC(CC(C)C)N2CCc3ccccc3C2=O)c1. The van der Waals surface area contributed by atoms with Gasteiger partial charge in [0, 0.05) is 48.7 Å². The van der Waals surface area contributed by atoms with Crippen molar-refractivity contribution in [1.29, 1.82) is 0 Å². The smallest absolute Gasteiger partial charge is 0.305 e. The third-order valence-corrected chi connectivity index (χ3v) is 7.23. The number of hydrogen-bond acceptors (Lipinski definition) is 4. The molecule has 4 rings (SSSR count). The number of nitrogens with one attached hydrogen (secondary N) is 1. The quantitative estimate of drug-likeness (QED) is 0.380. The molecule has 0 spiro atoms. The molecule has 0 aliphatic carbocycles. The molecule has 1 amide bonds. The van der Waals surface area contributed by atoms with Crippen molar-refractivity contribution in [3.63, 3.8) is 0 Å². The zero-order chi connectivity index (χ0) is 26.5. The highest BCUT2D eigenvalue weighted by Crippen LogP contribution is 2.30. The molecule has 0 saturated carbocycles. The molecule has 2 atom stereocenters. The number of aliphatic carboxylic acids is 1. The zero-order valence-electron chi connectivity index (χ0n) is 22.2. The maximum absolute atomic E-state index is 13.4. The molecule has 0 radical (unpaired) electrons. The van der Waals surface area contributed by atoms with Gasteiger partial charge in [0.15, 0.2) is 0 Å². The summed E-state index contributed by atoms with van der Waals surface area (Å²) in [6, 6.07) is 15.6. The van der Waals surface area contributed by atoms with Gasteiger partial charge in [-0.15, -0.1) is 0 Å². The Morgan fingerprint density at radius 2 is 1.81 bits per heavy atom. The van der Waals surface area contributed by atoms with Crippen molar-refractivity contribution in [2.24, 2.45) is 5.92 Å². The van der Waals surface area contributed by atoms with E-state index in [1.165, 1.54) is 0 Å². The molecule has 0 bridgehead atoms. The van der Waals surface area contributed by atoms with Crippen molar-refractivity contribution < 1.29 is 14.7 Å². The second-order valence-electron chi connectivity index (χ2n) is 10.5. The number of hydrogen-bond donors (Lipinski definition) is 2. The number of carboxylic acid groups (broad SMARTS) is 1. The Labute approximate surface area is 219 Å². The monoisotopic (exact) mass is 499 g/mol. The average Bonchev–Trinajstić information content (AvgIpc) is 2.86. The molecule has 1 aliphatic heterocycles. The van der Waals surface area contributed by atoms with Gasteiger partial charge in [0.1, 0.15) is 0 Å². The summed E-state index contributed by atoms with van der Waals surface area (Å²) in [5.41, 5.74) is 7.12. The van der Waals surface area contributed by atoms with Crippen LogP contribution in [-0.4, -0.2) is 46.0 Å². The van der Waals surface area contributed by atoms with E-state index in [2.05, 4.69) is 50.1 Å². The van der Waals surface area contributed by atoms with E-state index < -0.39 is 12.0 Å². The van der Waals surface area contributed by atoms with Crippen molar-refractivity contribution in [3.05, 3.63) is 88.7 Å². The topological polar surface area (TPSA) is 82.5 Å². The predicted molar refractivity (Wildman–Crippen MR) is 147 cm³/mol. The minimum absolute atomic E-state index is 0.0353. The lowest BCUT2D eigenvalue weighted by Crippen LogP contribution is -2.50. The van der Waals surface area contributed by atoms with Gasteiger partial charge in [-0.2, -0.15) is 0 Å². The van der Waals surface area contributed by atoms with E-state index in [4.69, 9.17) is 0 Å². The standard InChI is InChI=1S/C31H37N3O3/c1-20(2)14-26(34-13-12-23-10-5-6-11-27(23)31(34)37)19-33-28(16-29(35)36)24-15-25(18-32-17-24)30-21(3)8-7-9-22(30)4/h5-11,15,17-18,20,26,28,33H,12-14,16,19H2,1-4H3,(H,35,36)/t26?,28-/m0/s1. The highest BCUT2D eigenvalue weighted by molar-refractivity contribution is 5.97. The van der Waals surface area contributed by atoms with E-state index in [0.29, 0.717) is 19.0 Å². The average molecular weight is 500 g/mol. The summed E-state index contributed by atoms with van der Waals surface area (Å²) in [5, 5.41) is 13.2. The summed E-state index contributed by atoms with van der Waals surface area (Å²) >= 11 is 0. The first-order valence-corrected chi connectivity index (χ1v) is 13.1. The molecule has 2 aromatic carbocycles. The van der Waals surface area contributed by atoms with Crippen molar-refractivity contribution in [2.75, 3.05) is 13.1 Å². The van der Waals surface area contributed by atoms with Crippen LogP contribution < -0.4 is 5.32 Å². The first kappa shape index (κ1) is 26.6. The van der Waals surface area contributed by atoms with Crippen LogP contribution in [0.25, 0.3) is 11.1 Å². The molecule has 3 aromatic rings. The third kappa shape index (κ3) is 6.25. The molecule has 37 heavy (non-hydrogen) atoms. The zero-order valence-corrected chi connectivity index (χ0v) is 22.2. The maximum Gasteiger partial charge on any atom is 0.305 e. The highest BCUT2D eigenvalue weighted by Gasteiger charge is 2.31. The van der Waals surface area contributed by atoms with Gasteiger partial charge in [-0.3, -0.25) is 14.6 Å². The van der Waals surface area contributed by atoms with Gasteiger partial charge < -0.3 is 15.3 Å². The van der Waals surface area contributed by atoms with E-state index in [1.807, 2.05) is 47.5 Å². The molecule has 194 valence electrons. The molecule has 1 unspecified atom stereocenters. The summed E-state index contributed by atoms with van der Waals surface area (Å²) in [6.07, 6.45) is 5.18. The van der Waals surface area contributed by atoms with Crippen LogP contribution in [0.4, 0.5) is 0 Å². The number of carbonyl (C=O) groups excluding carboxylic acids is 1. The van der Waals surface area contributed by atoms with Crippen LogP contribution in [0, 0.1) is 19.8 Å². The van der Waals surface area contributed by atoms with Crippen LogP contribution in [0.15, 0.2) is 60.9 Å². The minimum Gasteiger partial charge on any atom is -0.481 e. The van der Waals surface area contributed by atoms with Crippen LogP contribution in [0.2, 0.25) is 0 Å². The van der Waals surface area contributed by atoms with Gasteiger partial charge in [-0.05, 0) is 72.6 Å².